The van der Waals surface area contributed by atoms with E-state index in [9.17, 15) is 18.0 Å². The summed E-state index contributed by atoms with van der Waals surface area (Å²) in [6.45, 7) is 5.33. The molecule has 2 N–H and O–H groups in total. The number of pyridine rings is 2. The van der Waals surface area contributed by atoms with Crippen molar-refractivity contribution in [1.29, 1.82) is 0 Å². The Morgan fingerprint density at radius 3 is 2.50 bits per heavy atom. The first-order valence-corrected chi connectivity index (χ1v) is 16.3. The third-order valence-corrected chi connectivity index (χ3v) is 9.12. The summed E-state index contributed by atoms with van der Waals surface area (Å²) in [6.07, 6.45) is 2.76. The number of piperidine rings is 1. The molecule has 2 fully saturated rings. The molecule has 2 aliphatic rings. The van der Waals surface area contributed by atoms with Crippen molar-refractivity contribution in [3.63, 3.8) is 0 Å². The van der Waals surface area contributed by atoms with E-state index in [4.69, 9.17) is 21.3 Å². The number of amides is 1. The lowest BCUT2D eigenvalue weighted by molar-refractivity contribution is 0.0977. The molecule has 0 spiro atoms. The Balaban J connectivity index is 1.31. The van der Waals surface area contributed by atoms with E-state index in [1.807, 2.05) is 43.0 Å². The van der Waals surface area contributed by atoms with Crippen molar-refractivity contribution in [2.75, 3.05) is 36.7 Å². The summed E-state index contributed by atoms with van der Waals surface area (Å²) in [7, 11) is -0.487. The molecule has 1 aromatic carbocycles. The second-order valence-electron chi connectivity index (χ2n) is 11.5. The van der Waals surface area contributed by atoms with Crippen LogP contribution in [0.2, 0.25) is 5.15 Å². The normalized spacial score (nSPS) is 19.9. The minimum atomic E-state index is -3.83. The summed E-state index contributed by atoms with van der Waals surface area (Å²) in [5.41, 5.74) is 3.31. The van der Waals surface area contributed by atoms with Gasteiger partial charge in [0.2, 0.25) is 21.9 Å². The van der Waals surface area contributed by atoms with E-state index < -0.39 is 22.0 Å². The van der Waals surface area contributed by atoms with Crippen molar-refractivity contribution in [3.8, 4) is 5.88 Å². The highest BCUT2D eigenvalue weighted by Gasteiger charge is 2.57. The average molecular weight is 638 g/mol. The molecule has 0 bridgehead atoms. The summed E-state index contributed by atoms with van der Waals surface area (Å²) in [5.74, 6) is 1.60. The number of hydrogen-bond donors (Lipinski definition) is 2. The third-order valence-electron chi connectivity index (χ3n) is 8.35. The molecule has 1 aliphatic heterocycles. The summed E-state index contributed by atoms with van der Waals surface area (Å²) in [6, 6.07) is 10.3. The third kappa shape index (κ3) is 5.57. The van der Waals surface area contributed by atoms with Crippen molar-refractivity contribution in [1.82, 2.24) is 24.2 Å². The molecule has 1 aliphatic carbocycles. The number of ether oxygens (including phenoxy) is 1. The van der Waals surface area contributed by atoms with Crippen molar-refractivity contribution in [3.05, 3.63) is 80.5 Å². The smallest absolute Gasteiger partial charge is 0.285 e. The first kappa shape index (κ1) is 29.8. The zero-order valence-corrected chi connectivity index (χ0v) is 26.4. The molecule has 4 atom stereocenters. The maximum atomic E-state index is 13.7. The van der Waals surface area contributed by atoms with Crippen LogP contribution in [0.25, 0.3) is 10.9 Å². The van der Waals surface area contributed by atoms with E-state index in [1.54, 1.807) is 24.8 Å². The highest BCUT2D eigenvalue weighted by molar-refractivity contribution is 7.89. The van der Waals surface area contributed by atoms with Crippen molar-refractivity contribution >= 4 is 50.1 Å². The van der Waals surface area contributed by atoms with Gasteiger partial charge in [0.25, 0.3) is 11.5 Å². The van der Waals surface area contributed by atoms with Crippen LogP contribution in [0.4, 0.5) is 11.6 Å². The molecule has 44 heavy (non-hydrogen) atoms. The van der Waals surface area contributed by atoms with Gasteiger partial charge < -0.3 is 15.0 Å². The van der Waals surface area contributed by atoms with E-state index in [-0.39, 0.29) is 22.1 Å². The first-order chi connectivity index (χ1) is 20.8. The van der Waals surface area contributed by atoms with Crippen LogP contribution >= 0.6 is 11.6 Å². The highest BCUT2D eigenvalue weighted by atomic mass is 35.5. The lowest BCUT2D eigenvalue weighted by Gasteiger charge is -2.25. The SMILES string of the molecule is COc1ccc(C2[C@H]3CN(c4nc5c([C@@H](C)Nc6ccc(Cl)nc6C(=O)NS(C)(=O)=O)cc(C)cc5c(=O)n4C)C[C@@H]23)cn1. The number of anilines is 2. The number of sulfonamides is 1. The number of fused-ring (bicyclic) bond motifs is 2. The molecule has 6 rings (SSSR count). The van der Waals surface area contributed by atoms with Gasteiger partial charge in [-0.15, -0.1) is 0 Å². The summed E-state index contributed by atoms with van der Waals surface area (Å²) >= 11 is 6.04. The van der Waals surface area contributed by atoms with Crippen LogP contribution in [0.15, 0.2) is 47.4 Å². The van der Waals surface area contributed by atoms with E-state index >= 15 is 0 Å². The molecule has 1 amide bonds. The second-order valence-corrected chi connectivity index (χ2v) is 13.7. The van der Waals surface area contributed by atoms with E-state index in [0.717, 1.165) is 30.5 Å². The van der Waals surface area contributed by atoms with Crippen molar-refractivity contribution in [2.45, 2.75) is 25.8 Å². The van der Waals surface area contributed by atoms with Gasteiger partial charge in [-0.2, -0.15) is 0 Å². The molecule has 230 valence electrons. The molecule has 1 unspecified atom stereocenters. The van der Waals surface area contributed by atoms with Gasteiger partial charge in [0.05, 0.1) is 36.0 Å². The molecule has 14 heteroatoms. The first-order valence-electron chi connectivity index (χ1n) is 14.1. The second kappa shape index (κ2) is 11.0. The van der Waals surface area contributed by atoms with E-state index in [2.05, 4.69) is 26.3 Å². The number of aryl methyl sites for hydroxylation is 1. The Morgan fingerprint density at radius 2 is 1.86 bits per heavy atom. The number of nitrogens with one attached hydrogen (secondary N) is 2. The zero-order valence-electron chi connectivity index (χ0n) is 24.8. The number of carbonyl (C=O) groups is 1. The molecule has 1 saturated heterocycles. The molecule has 4 heterocycles. The Hall–Kier alpha value is -4.23. The predicted octanol–water partition coefficient (Wildman–Crippen LogP) is 3.41. The van der Waals surface area contributed by atoms with Crippen LogP contribution in [0.5, 0.6) is 5.88 Å². The van der Waals surface area contributed by atoms with Gasteiger partial charge in [-0.1, -0.05) is 23.7 Å². The Bertz CT molecular complexity index is 1950. The number of methoxy groups -OCH3 is 1. The van der Waals surface area contributed by atoms with Crippen molar-refractivity contribution < 1.29 is 17.9 Å². The molecular weight excluding hydrogens is 606 g/mol. The standard InChI is InChI=1S/C30H32ClN7O5S/c1-15-10-18(16(2)33-22-7-8-23(31)34-27(22)28(39)36-44(5,41)42)26-19(11-15)29(40)37(3)30(35-26)38-13-20-21(14-38)25(20)17-6-9-24(43-4)32-12-17/h6-12,16,20-21,25,33H,13-14H2,1-5H3,(H,36,39)/t16-,20-,21+,25?/m1/s1. The van der Waals surface area contributed by atoms with E-state index in [1.165, 1.54) is 11.6 Å². The van der Waals surface area contributed by atoms with Crippen LogP contribution in [0, 0.1) is 18.8 Å². The van der Waals surface area contributed by atoms with Gasteiger partial charge in [-0.25, -0.2) is 28.1 Å². The Labute approximate surface area is 259 Å². The average Bonchev–Trinajstić information content (AvgIpc) is 3.47. The van der Waals surface area contributed by atoms with Gasteiger partial charge in [-0.3, -0.25) is 14.2 Å². The molecule has 12 nitrogen and oxygen atoms in total. The monoisotopic (exact) mass is 637 g/mol. The van der Waals surface area contributed by atoms with Gasteiger partial charge in [0.1, 0.15) is 5.15 Å². The van der Waals surface area contributed by atoms with Crippen LogP contribution in [0.1, 0.15) is 46.1 Å². The Morgan fingerprint density at radius 1 is 1.14 bits per heavy atom. The summed E-state index contributed by atoms with van der Waals surface area (Å²) < 4.78 is 32.2. The maximum absolute atomic E-state index is 13.7. The quantitative estimate of drug-likeness (QED) is 0.275. The fourth-order valence-corrected chi connectivity index (χ4v) is 6.88. The lowest BCUT2D eigenvalue weighted by Crippen LogP contribution is -2.32. The predicted molar refractivity (Wildman–Crippen MR) is 168 cm³/mol. The number of carbonyl (C=O) groups excluding carboxylic acids is 1. The minimum absolute atomic E-state index is 0.0341. The van der Waals surface area contributed by atoms with Crippen molar-refractivity contribution in [2.24, 2.45) is 18.9 Å². The van der Waals surface area contributed by atoms with Crippen LogP contribution in [-0.4, -0.2) is 60.3 Å². The zero-order chi connectivity index (χ0) is 31.5. The molecule has 4 aromatic rings. The number of halogens is 1. The van der Waals surface area contributed by atoms with Crippen LogP contribution in [-0.2, 0) is 17.1 Å². The molecular formula is C30H32ClN7O5S. The minimum Gasteiger partial charge on any atom is -0.481 e. The maximum Gasteiger partial charge on any atom is 0.285 e. The molecule has 3 aromatic heterocycles. The summed E-state index contributed by atoms with van der Waals surface area (Å²) in [5, 5.41) is 3.77. The number of nitrogens with zero attached hydrogens (tertiary/aromatic N) is 5. The van der Waals surface area contributed by atoms with Gasteiger partial charge in [-0.05, 0) is 60.9 Å². The number of benzene rings is 1. The number of hydrogen-bond acceptors (Lipinski definition) is 10. The van der Waals surface area contributed by atoms with Crippen LogP contribution in [0.3, 0.4) is 0 Å². The van der Waals surface area contributed by atoms with Gasteiger partial charge in [0, 0.05) is 38.0 Å². The van der Waals surface area contributed by atoms with Gasteiger partial charge in [0.15, 0.2) is 5.69 Å². The largest absolute Gasteiger partial charge is 0.481 e. The molecule has 0 radical (unpaired) electrons. The fourth-order valence-electron chi connectivity index (χ4n) is 6.30. The number of rotatable bonds is 8. The fraction of sp³-hybridized carbons (Fsp3) is 0.367. The molecule has 1 saturated carbocycles. The number of aromatic nitrogens is 4. The van der Waals surface area contributed by atoms with Crippen LogP contribution < -0.4 is 25.2 Å². The highest BCUT2D eigenvalue weighted by Crippen LogP contribution is 2.58. The Kier molecular flexibility index (Phi) is 7.49. The summed E-state index contributed by atoms with van der Waals surface area (Å²) in [4.78, 5) is 42.0. The van der Waals surface area contributed by atoms with E-state index in [0.29, 0.717) is 40.5 Å². The van der Waals surface area contributed by atoms with Gasteiger partial charge >= 0.3 is 0 Å². The lowest BCUT2D eigenvalue weighted by atomic mass is 10.0. The topological polar surface area (TPSA) is 148 Å².